The van der Waals surface area contributed by atoms with Gasteiger partial charge < -0.3 is 19.5 Å². The zero-order valence-corrected chi connectivity index (χ0v) is 15.6. The number of amides is 3. The molecule has 1 aliphatic heterocycles. The molecule has 2 fully saturated rings. The fraction of sp³-hybridized carbons (Fsp3) is 0.550. The zero-order chi connectivity index (χ0) is 19.5. The van der Waals surface area contributed by atoms with Crippen LogP contribution in [0, 0.1) is 17.8 Å². The standard InChI is InChI=1S/C20H24N2O6/c23-18(11-28-19(24)9-14-8-12-1-2-13(14)7-12)22-20(25)21-15-3-4-16-17(10-15)27-6-5-26-16/h3-4,10,12-14H,1-2,5-9,11H2,(H2,21,22,23,25)/t12-,13+,14+/m0/s1. The second-order valence-corrected chi connectivity index (χ2v) is 7.66. The van der Waals surface area contributed by atoms with Gasteiger partial charge in [-0.15, -0.1) is 0 Å². The monoisotopic (exact) mass is 388 g/mol. The van der Waals surface area contributed by atoms with E-state index in [-0.39, 0.29) is 5.97 Å². The van der Waals surface area contributed by atoms with Crippen LogP contribution in [0.25, 0.3) is 0 Å². The minimum atomic E-state index is -0.703. The van der Waals surface area contributed by atoms with Crippen molar-refractivity contribution in [1.29, 1.82) is 0 Å². The molecule has 0 aromatic heterocycles. The van der Waals surface area contributed by atoms with Gasteiger partial charge in [0.2, 0.25) is 0 Å². The lowest BCUT2D eigenvalue weighted by Gasteiger charge is -2.20. The van der Waals surface area contributed by atoms with E-state index in [4.69, 9.17) is 14.2 Å². The molecule has 8 heteroatoms. The van der Waals surface area contributed by atoms with E-state index in [9.17, 15) is 14.4 Å². The normalized spacial score (nSPS) is 24.5. The molecule has 1 aromatic rings. The lowest BCUT2D eigenvalue weighted by molar-refractivity contribution is -0.149. The van der Waals surface area contributed by atoms with Crippen molar-refractivity contribution < 1.29 is 28.6 Å². The predicted octanol–water partition coefficient (Wildman–Crippen LogP) is 2.48. The van der Waals surface area contributed by atoms with Crippen LogP contribution in [-0.4, -0.2) is 37.7 Å². The maximum atomic E-state index is 12.0. The van der Waals surface area contributed by atoms with Gasteiger partial charge in [0, 0.05) is 18.2 Å². The van der Waals surface area contributed by atoms with Crippen LogP contribution in [0.5, 0.6) is 11.5 Å². The number of benzene rings is 1. The average molecular weight is 388 g/mol. The Bertz CT molecular complexity index is 780. The highest BCUT2D eigenvalue weighted by atomic mass is 16.6. The summed E-state index contributed by atoms with van der Waals surface area (Å²) in [4.78, 5) is 35.8. The van der Waals surface area contributed by atoms with Gasteiger partial charge in [-0.05, 0) is 49.1 Å². The molecule has 0 radical (unpaired) electrons. The van der Waals surface area contributed by atoms with Crippen molar-refractivity contribution in [2.24, 2.45) is 17.8 Å². The first-order chi connectivity index (χ1) is 13.6. The van der Waals surface area contributed by atoms with Crippen molar-refractivity contribution in [2.45, 2.75) is 32.1 Å². The number of anilines is 1. The van der Waals surface area contributed by atoms with Gasteiger partial charge >= 0.3 is 12.0 Å². The molecule has 2 bridgehead atoms. The molecule has 2 aliphatic carbocycles. The van der Waals surface area contributed by atoms with E-state index < -0.39 is 18.5 Å². The van der Waals surface area contributed by atoms with E-state index in [1.165, 1.54) is 19.3 Å². The molecule has 150 valence electrons. The molecule has 0 spiro atoms. The van der Waals surface area contributed by atoms with Crippen LogP contribution in [0.2, 0.25) is 0 Å². The van der Waals surface area contributed by atoms with Crippen LogP contribution in [0.15, 0.2) is 18.2 Å². The molecule has 2 N–H and O–H groups in total. The first-order valence-electron chi connectivity index (χ1n) is 9.73. The summed E-state index contributed by atoms with van der Waals surface area (Å²) in [7, 11) is 0. The second-order valence-electron chi connectivity index (χ2n) is 7.66. The molecule has 3 aliphatic rings. The van der Waals surface area contributed by atoms with Crippen LogP contribution >= 0.6 is 0 Å². The molecule has 28 heavy (non-hydrogen) atoms. The molecule has 0 unspecified atom stereocenters. The van der Waals surface area contributed by atoms with Crippen molar-refractivity contribution in [2.75, 3.05) is 25.1 Å². The Morgan fingerprint density at radius 3 is 2.64 bits per heavy atom. The Morgan fingerprint density at radius 1 is 1.07 bits per heavy atom. The number of rotatable bonds is 5. The van der Waals surface area contributed by atoms with Gasteiger partial charge in [-0.2, -0.15) is 0 Å². The topological polar surface area (TPSA) is 103 Å². The molecule has 3 amide bonds. The first-order valence-corrected chi connectivity index (χ1v) is 9.73. The van der Waals surface area contributed by atoms with Gasteiger partial charge in [-0.1, -0.05) is 6.42 Å². The fourth-order valence-electron chi connectivity index (χ4n) is 4.49. The predicted molar refractivity (Wildman–Crippen MR) is 99.1 cm³/mol. The van der Waals surface area contributed by atoms with E-state index in [0.29, 0.717) is 48.7 Å². The lowest BCUT2D eigenvalue weighted by atomic mass is 9.86. The van der Waals surface area contributed by atoms with Gasteiger partial charge in [0.25, 0.3) is 5.91 Å². The largest absolute Gasteiger partial charge is 0.486 e. The minimum absolute atomic E-state index is 0.359. The summed E-state index contributed by atoms with van der Waals surface area (Å²) in [5.41, 5.74) is 0.461. The van der Waals surface area contributed by atoms with E-state index in [2.05, 4.69) is 10.6 Å². The molecule has 4 rings (SSSR count). The number of esters is 1. The highest BCUT2D eigenvalue weighted by Crippen LogP contribution is 2.49. The van der Waals surface area contributed by atoms with Crippen LogP contribution < -0.4 is 20.1 Å². The van der Waals surface area contributed by atoms with Crippen molar-refractivity contribution in [3.8, 4) is 11.5 Å². The Hall–Kier alpha value is -2.77. The van der Waals surface area contributed by atoms with Crippen LogP contribution in [0.3, 0.4) is 0 Å². The van der Waals surface area contributed by atoms with Crippen LogP contribution in [0.1, 0.15) is 32.1 Å². The number of nitrogens with one attached hydrogen (secondary N) is 2. The third-order valence-corrected chi connectivity index (χ3v) is 5.73. The smallest absolute Gasteiger partial charge is 0.325 e. The van der Waals surface area contributed by atoms with E-state index in [0.717, 1.165) is 12.3 Å². The lowest BCUT2D eigenvalue weighted by Crippen LogP contribution is -2.37. The highest BCUT2D eigenvalue weighted by Gasteiger charge is 2.40. The summed E-state index contributed by atoms with van der Waals surface area (Å²) in [6.45, 7) is 0.457. The molecule has 8 nitrogen and oxygen atoms in total. The number of hydrogen-bond acceptors (Lipinski definition) is 6. The van der Waals surface area contributed by atoms with Gasteiger partial charge in [0.15, 0.2) is 18.1 Å². The van der Waals surface area contributed by atoms with Gasteiger partial charge in [-0.25, -0.2) is 4.79 Å². The van der Waals surface area contributed by atoms with Crippen molar-refractivity contribution in [3.05, 3.63) is 18.2 Å². The number of carbonyl (C=O) groups is 3. The maximum absolute atomic E-state index is 12.0. The summed E-state index contributed by atoms with van der Waals surface area (Å²) < 4.78 is 15.9. The van der Waals surface area contributed by atoms with Crippen molar-refractivity contribution in [1.82, 2.24) is 5.32 Å². The Morgan fingerprint density at radius 2 is 1.89 bits per heavy atom. The Balaban J connectivity index is 1.18. The Labute approximate surface area is 162 Å². The van der Waals surface area contributed by atoms with Crippen LogP contribution in [-0.2, 0) is 14.3 Å². The number of carbonyl (C=O) groups excluding carboxylic acids is 3. The second kappa shape index (κ2) is 8.08. The number of fused-ring (bicyclic) bond motifs is 3. The summed E-state index contributed by atoms with van der Waals surface area (Å²) in [5.74, 6) is 1.86. The van der Waals surface area contributed by atoms with E-state index in [1.807, 2.05) is 0 Å². The number of hydrogen-bond donors (Lipinski definition) is 2. The van der Waals surface area contributed by atoms with Gasteiger partial charge in [-0.3, -0.25) is 14.9 Å². The van der Waals surface area contributed by atoms with Gasteiger partial charge in [0.05, 0.1) is 0 Å². The number of imide groups is 1. The zero-order valence-electron chi connectivity index (χ0n) is 15.6. The molecular weight excluding hydrogens is 364 g/mol. The summed E-state index contributed by atoms with van der Waals surface area (Å²) >= 11 is 0. The first kappa shape index (κ1) is 18.6. The SMILES string of the molecule is O=C(COC(=O)C[C@H]1C[C@H]2CC[C@@H]1C2)NC(=O)Nc1ccc2c(c1)OCCO2. The summed E-state index contributed by atoms with van der Waals surface area (Å²) in [6, 6.07) is 4.25. The third-order valence-electron chi connectivity index (χ3n) is 5.73. The molecule has 0 saturated heterocycles. The average Bonchev–Trinajstić information content (AvgIpc) is 3.29. The molecule has 3 atom stereocenters. The Kier molecular flexibility index (Phi) is 5.36. The van der Waals surface area contributed by atoms with Crippen LogP contribution in [0.4, 0.5) is 10.5 Å². The molecule has 1 heterocycles. The fourth-order valence-corrected chi connectivity index (χ4v) is 4.49. The van der Waals surface area contributed by atoms with E-state index >= 15 is 0 Å². The quantitative estimate of drug-likeness (QED) is 0.751. The third kappa shape index (κ3) is 4.37. The van der Waals surface area contributed by atoms with Crippen molar-refractivity contribution in [3.63, 3.8) is 0 Å². The molecule has 1 aromatic carbocycles. The molecule has 2 saturated carbocycles. The highest BCUT2D eigenvalue weighted by molar-refractivity contribution is 6.02. The van der Waals surface area contributed by atoms with Gasteiger partial charge in [0.1, 0.15) is 13.2 Å². The summed E-state index contributed by atoms with van der Waals surface area (Å²) in [5, 5.41) is 4.69. The molecular formula is C20H24N2O6. The minimum Gasteiger partial charge on any atom is -0.486 e. The van der Waals surface area contributed by atoms with Crippen molar-refractivity contribution >= 4 is 23.6 Å². The maximum Gasteiger partial charge on any atom is 0.325 e. The van der Waals surface area contributed by atoms with E-state index in [1.54, 1.807) is 18.2 Å². The number of urea groups is 1. The number of ether oxygens (including phenoxy) is 3. The summed E-state index contributed by atoms with van der Waals surface area (Å²) in [6.07, 6.45) is 5.14.